The molecule has 6 nitrogen and oxygen atoms in total. The minimum atomic E-state index is 0.478. The largest absolute Gasteiger partial charge is 0.495 e. The normalized spacial score (nSPS) is 10.4. The number of hydrogen-bond acceptors (Lipinski definition) is 6. The van der Waals surface area contributed by atoms with E-state index in [0.29, 0.717) is 22.5 Å². The van der Waals surface area contributed by atoms with Gasteiger partial charge in [-0.25, -0.2) is 4.98 Å². The summed E-state index contributed by atoms with van der Waals surface area (Å²) in [5.74, 6) is 1.80. The highest BCUT2D eigenvalue weighted by Gasteiger charge is 2.06. The van der Waals surface area contributed by atoms with Crippen molar-refractivity contribution in [1.82, 2.24) is 9.97 Å². The summed E-state index contributed by atoms with van der Waals surface area (Å²) in [6.07, 6.45) is 1.70. The van der Waals surface area contributed by atoms with Crippen LogP contribution in [0.1, 0.15) is 13.8 Å². The fourth-order valence-corrected chi connectivity index (χ4v) is 3.11. The predicted octanol–water partition coefficient (Wildman–Crippen LogP) is 5.47. The Morgan fingerprint density at radius 2 is 1.68 bits per heavy atom. The van der Waals surface area contributed by atoms with E-state index in [1.165, 1.54) is 5.69 Å². The molecule has 0 saturated carbocycles. The van der Waals surface area contributed by atoms with Gasteiger partial charge in [-0.15, -0.1) is 0 Å². The van der Waals surface area contributed by atoms with E-state index in [2.05, 4.69) is 51.5 Å². The molecular weight excluding hydrogens is 374 g/mol. The number of rotatable bonds is 8. The molecule has 0 atom stereocenters. The molecule has 0 aliphatic heterocycles. The van der Waals surface area contributed by atoms with Crippen LogP contribution < -0.4 is 20.3 Å². The van der Waals surface area contributed by atoms with Crippen molar-refractivity contribution >= 4 is 40.4 Å². The van der Waals surface area contributed by atoms with Crippen LogP contribution in [-0.2, 0) is 0 Å². The number of halogens is 1. The number of nitrogens with zero attached hydrogens (tertiary/aromatic N) is 3. The summed E-state index contributed by atoms with van der Waals surface area (Å²) >= 11 is 6.17. The predicted molar refractivity (Wildman–Crippen MR) is 117 cm³/mol. The zero-order chi connectivity index (χ0) is 19.9. The number of methoxy groups -OCH3 is 1. The molecular formula is C21H24ClN5O. The van der Waals surface area contributed by atoms with E-state index in [4.69, 9.17) is 16.3 Å². The van der Waals surface area contributed by atoms with Gasteiger partial charge in [0.1, 0.15) is 11.6 Å². The van der Waals surface area contributed by atoms with Crippen LogP contribution in [0.2, 0.25) is 5.02 Å². The van der Waals surface area contributed by atoms with Crippen LogP contribution in [0.3, 0.4) is 0 Å². The molecule has 7 heteroatoms. The molecule has 0 radical (unpaired) electrons. The summed E-state index contributed by atoms with van der Waals surface area (Å²) in [5, 5.41) is 6.98. The molecule has 0 bridgehead atoms. The lowest BCUT2D eigenvalue weighted by Crippen LogP contribution is -2.21. The molecule has 0 saturated heterocycles. The minimum absolute atomic E-state index is 0.478. The topological polar surface area (TPSA) is 62.3 Å². The Balaban J connectivity index is 1.70. The fraction of sp³-hybridized carbons (Fsp3) is 0.238. The van der Waals surface area contributed by atoms with Gasteiger partial charge in [0.2, 0.25) is 5.95 Å². The monoisotopic (exact) mass is 397 g/mol. The summed E-state index contributed by atoms with van der Waals surface area (Å²) < 4.78 is 5.17. The third-order valence-electron chi connectivity index (χ3n) is 4.33. The molecule has 2 N–H and O–H groups in total. The maximum absolute atomic E-state index is 6.17. The first-order chi connectivity index (χ1) is 13.6. The maximum atomic E-state index is 6.17. The third kappa shape index (κ3) is 4.84. The van der Waals surface area contributed by atoms with Gasteiger partial charge in [0.15, 0.2) is 0 Å². The molecule has 3 rings (SSSR count). The van der Waals surface area contributed by atoms with Crippen LogP contribution in [0.25, 0.3) is 0 Å². The van der Waals surface area contributed by atoms with Gasteiger partial charge in [-0.2, -0.15) is 4.98 Å². The molecule has 0 aliphatic carbocycles. The number of nitrogens with one attached hydrogen (secondary N) is 2. The van der Waals surface area contributed by atoms with Gasteiger partial charge in [0, 0.05) is 36.3 Å². The molecule has 2 aromatic carbocycles. The molecule has 0 fully saturated rings. The number of anilines is 5. The van der Waals surface area contributed by atoms with E-state index in [-0.39, 0.29) is 0 Å². The van der Waals surface area contributed by atoms with Crippen LogP contribution in [0.5, 0.6) is 5.75 Å². The van der Waals surface area contributed by atoms with Gasteiger partial charge in [0.05, 0.1) is 12.1 Å². The average Bonchev–Trinajstić information content (AvgIpc) is 2.71. The average molecular weight is 398 g/mol. The fourth-order valence-electron chi connectivity index (χ4n) is 2.85. The molecule has 0 aliphatic rings. The van der Waals surface area contributed by atoms with E-state index in [1.807, 2.05) is 24.3 Å². The molecule has 0 unspecified atom stereocenters. The van der Waals surface area contributed by atoms with Crippen molar-refractivity contribution in [1.29, 1.82) is 0 Å². The van der Waals surface area contributed by atoms with E-state index in [9.17, 15) is 0 Å². The summed E-state index contributed by atoms with van der Waals surface area (Å²) in [7, 11) is 1.58. The molecule has 28 heavy (non-hydrogen) atoms. The van der Waals surface area contributed by atoms with E-state index < -0.39 is 0 Å². The number of benzene rings is 2. The van der Waals surface area contributed by atoms with Crippen LogP contribution in [-0.4, -0.2) is 30.2 Å². The van der Waals surface area contributed by atoms with Crippen molar-refractivity contribution in [2.24, 2.45) is 0 Å². The Labute approximate surface area is 170 Å². The van der Waals surface area contributed by atoms with E-state index in [1.54, 1.807) is 25.4 Å². The van der Waals surface area contributed by atoms with Crippen molar-refractivity contribution < 1.29 is 4.74 Å². The second-order valence-corrected chi connectivity index (χ2v) is 6.49. The van der Waals surface area contributed by atoms with E-state index in [0.717, 1.165) is 24.5 Å². The smallest absolute Gasteiger partial charge is 0.229 e. The van der Waals surface area contributed by atoms with Crippen LogP contribution in [0, 0.1) is 0 Å². The second kappa shape index (κ2) is 9.28. The van der Waals surface area contributed by atoms with Crippen molar-refractivity contribution in [3.63, 3.8) is 0 Å². The van der Waals surface area contributed by atoms with Crippen molar-refractivity contribution in [2.45, 2.75) is 13.8 Å². The van der Waals surface area contributed by atoms with Gasteiger partial charge in [-0.3, -0.25) is 0 Å². The number of aromatic nitrogens is 2. The molecule has 0 amide bonds. The highest BCUT2D eigenvalue weighted by atomic mass is 35.5. The summed E-state index contributed by atoms with van der Waals surface area (Å²) in [6, 6.07) is 15.6. The quantitative estimate of drug-likeness (QED) is 0.525. The Kier molecular flexibility index (Phi) is 6.55. The highest BCUT2D eigenvalue weighted by Crippen LogP contribution is 2.28. The summed E-state index contributed by atoms with van der Waals surface area (Å²) in [5.41, 5.74) is 2.96. The lowest BCUT2D eigenvalue weighted by molar-refractivity contribution is 0.415. The van der Waals surface area contributed by atoms with Crippen LogP contribution in [0.4, 0.5) is 28.8 Å². The van der Waals surface area contributed by atoms with Gasteiger partial charge >= 0.3 is 0 Å². The number of ether oxygens (including phenoxy) is 1. The summed E-state index contributed by atoms with van der Waals surface area (Å²) in [4.78, 5) is 11.1. The Morgan fingerprint density at radius 1 is 0.964 bits per heavy atom. The molecule has 0 spiro atoms. The Bertz CT molecular complexity index is 913. The molecule has 3 aromatic rings. The highest BCUT2D eigenvalue weighted by molar-refractivity contribution is 6.32. The first-order valence-electron chi connectivity index (χ1n) is 9.18. The zero-order valence-corrected chi connectivity index (χ0v) is 17.0. The Morgan fingerprint density at radius 3 is 2.32 bits per heavy atom. The zero-order valence-electron chi connectivity index (χ0n) is 16.2. The molecule has 146 valence electrons. The maximum Gasteiger partial charge on any atom is 0.229 e. The first-order valence-corrected chi connectivity index (χ1v) is 9.56. The van der Waals surface area contributed by atoms with Gasteiger partial charge in [-0.1, -0.05) is 11.6 Å². The number of hydrogen-bond donors (Lipinski definition) is 2. The SMILES string of the molecule is CCN(CC)c1ccc(Nc2ccnc(Nc3ccc(OC)c(Cl)c3)n2)cc1. The minimum Gasteiger partial charge on any atom is -0.495 e. The van der Waals surface area contributed by atoms with Crippen molar-refractivity contribution in [3.8, 4) is 5.75 Å². The lowest BCUT2D eigenvalue weighted by Gasteiger charge is -2.21. The van der Waals surface area contributed by atoms with Crippen molar-refractivity contribution in [3.05, 3.63) is 59.8 Å². The van der Waals surface area contributed by atoms with Crippen molar-refractivity contribution in [2.75, 3.05) is 35.7 Å². The Hall–Kier alpha value is -2.99. The lowest BCUT2D eigenvalue weighted by atomic mass is 10.2. The summed E-state index contributed by atoms with van der Waals surface area (Å²) in [6.45, 7) is 6.28. The molecule has 1 aromatic heterocycles. The third-order valence-corrected chi connectivity index (χ3v) is 4.63. The van der Waals surface area contributed by atoms with Crippen LogP contribution in [0.15, 0.2) is 54.7 Å². The van der Waals surface area contributed by atoms with Gasteiger partial charge in [-0.05, 0) is 62.4 Å². The van der Waals surface area contributed by atoms with Crippen LogP contribution >= 0.6 is 11.6 Å². The van der Waals surface area contributed by atoms with Gasteiger partial charge in [0.25, 0.3) is 0 Å². The first kappa shape index (κ1) is 19.8. The molecule has 1 heterocycles. The van der Waals surface area contributed by atoms with E-state index >= 15 is 0 Å². The standard InChI is InChI=1S/C21H24ClN5O/c1-4-27(5-2)17-9-6-15(7-10-17)24-20-12-13-23-21(26-20)25-16-8-11-19(28-3)18(22)14-16/h6-14H,4-5H2,1-3H3,(H2,23,24,25,26). The second-order valence-electron chi connectivity index (χ2n) is 6.08. The van der Waals surface area contributed by atoms with Gasteiger partial charge < -0.3 is 20.3 Å².